The molecule has 1 fully saturated rings. The minimum absolute atomic E-state index is 0.00796. The molecule has 7 N–H and O–H groups in total. The molecule has 1 heterocycles. The monoisotopic (exact) mass is 616 g/mol. The number of hydrogen-bond acceptors (Lipinski definition) is 6. The Hall–Kier alpha value is -3.56. The number of epoxide rings is 1. The average molecular weight is 617 g/mol. The lowest BCUT2D eigenvalue weighted by Gasteiger charge is -2.20. The van der Waals surface area contributed by atoms with E-state index < -0.39 is 17.6 Å². The first-order valence-corrected chi connectivity index (χ1v) is 15.3. The normalized spacial score (nSPS) is 14.5. The molecule has 44 heavy (non-hydrogen) atoms. The molecule has 2 unspecified atom stereocenters. The van der Waals surface area contributed by atoms with Gasteiger partial charge in [-0.15, -0.1) is 0 Å². The van der Waals surface area contributed by atoms with E-state index in [1.165, 1.54) is 30.9 Å². The Balaban J connectivity index is -0.000000497. The number of amides is 3. The van der Waals surface area contributed by atoms with E-state index in [1.807, 2.05) is 38.1 Å². The van der Waals surface area contributed by atoms with Gasteiger partial charge in [-0.3, -0.25) is 19.2 Å². The van der Waals surface area contributed by atoms with E-state index in [1.54, 1.807) is 6.92 Å². The van der Waals surface area contributed by atoms with Crippen LogP contribution in [0.25, 0.3) is 0 Å². The van der Waals surface area contributed by atoms with E-state index in [0.29, 0.717) is 18.9 Å². The van der Waals surface area contributed by atoms with Gasteiger partial charge >= 0.3 is 0 Å². The lowest BCUT2D eigenvalue weighted by molar-refractivity contribution is -0.130. The average Bonchev–Trinajstić information content (AvgIpc) is 3.72. The van der Waals surface area contributed by atoms with Crippen molar-refractivity contribution in [2.24, 2.45) is 29.0 Å². The maximum Gasteiger partial charge on any atom is 0.231 e. The molecule has 2 aromatic carbocycles. The van der Waals surface area contributed by atoms with Gasteiger partial charge in [0.2, 0.25) is 18.2 Å². The summed E-state index contributed by atoms with van der Waals surface area (Å²) in [5.41, 5.74) is 15.5. The van der Waals surface area contributed by atoms with Gasteiger partial charge in [-0.2, -0.15) is 0 Å². The highest BCUT2D eigenvalue weighted by atomic mass is 16.6. The summed E-state index contributed by atoms with van der Waals surface area (Å²) in [7, 11) is 0. The number of rotatable bonds is 9. The molecule has 0 aliphatic carbocycles. The van der Waals surface area contributed by atoms with Gasteiger partial charge in [-0.1, -0.05) is 121 Å². The van der Waals surface area contributed by atoms with Gasteiger partial charge in [0.05, 0.1) is 19.2 Å². The van der Waals surface area contributed by atoms with Crippen molar-refractivity contribution in [2.75, 3.05) is 13.2 Å². The second kappa shape index (κ2) is 28.2. The lowest BCUT2D eigenvalue weighted by atomic mass is 9.93. The van der Waals surface area contributed by atoms with E-state index in [2.05, 4.69) is 87.8 Å². The van der Waals surface area contributed by atoms with Crippen molar-refractivity contribution in [3.05, 3.63) is 71.8 Å². The van der Waals surface area contributed by atoms with E-state index in [0.717, 1.165) is 12.3 Å². The number of carbonyl (C=O) groups is 4. The molecule has 1 aliphatic heterocycles. The molecule has 1 aliphatic rings. The Kier molecular flexibility index (Phi) is 28.8. The summed E-state index contributed by atoms with van der Waals surface area (Å²) in [5, 5.41) is 2.69. The summed E-state index contributed by atoms with van der Waals surface area (Å²) < 4.78 is 5.10. The van der Waals surface area contributed by atoms with Gasteiger partial charge < -0.3 is 27.3 Å². The maximum absolute atomic E-state index is 12.0. The van der Waals surface area contributed by atoms with E-state index in [4.69, 9.17) is 15.3 Å². The first-order chi connectivity index (χ1) is 20.6. The zero-order valence-corrected chi connectivity index (χ0v) is 28.6. The minimum atomic E-state index is -0.651. The quantitative estimate of drug-likeness (QED) is 0.225. The van der Waals surface area contributed by atoms with Crippen LogP contribution in [-0.4, -0.2) is 48.8 Å². The second-order valence-corrected chi connectivity index (χ2v) is 11.2. The van der Waals surface area contributed by atoms with Crippen molar-refractivity contribution in [1.82, 2.24) is 5.32 Å². The summed E-state index contributed by atoms with van der Waals surface area (Å²) in [6.45, 7) is 18.6. The largest absolute Gasteiger partial charge is 0.372 e. The number of hydrogen-bond donors (Lipinski definition) is 4. The smallest absolute Gasteiger partial charge is 0.231 e. The fourth-order valence-electron chi connectivity index (χ4n) is 3.39. The zero-order chi connectivity index (χ0) is 34.6. The van der Waals surface area contributed by atoms with Crippen LogP contribution in [0.3, 0.4) is 0 Å². The molecule has 9 heteroatoms. The van der Waals surface area contributed by atoms with Gasteiger partial charge in [-0.25, -0.2) is 0 Å². The third-order valence-corrected chi connectivity index (χ3v) is 5.76. The molecule has 3 rings (SSSR count). The minimum Gasteiger partial charge on any atom is -0.372 e. The van der Waals surface area contributed by atoms with Crippen LogP contribution < -0.4 is 22.5 Å². The molecule has 0 bridgehead atoms. The highest BCUT2D eigenvalue weighted by Gasteiger charge is 2.49. The highest BCUT2D eigenvalue weighted by molar-refractivity contribution is 5.96. The van der Waals surface area contributed by atoms with Crippen LogP contribution in [0.1, 0.15) is 85.8 Å². The Bertz CT molecular complexity index is 995. The van der Waals surface area contributed by atoms with Crippen LogP contribution in [0.2, 0.25) is 0 Å². The van der Waals surface area contributed by atoms with Crippen LogP contribution in [0.15, 0.2) is 60.7 Å². The highest BCUT2D eigenvalue weighted by Crippen LogP contribution is 2.29. The summed E-state index contributed by atoms with van der Waals surface area (Å²) >= 11 is 0. The third kappa shape index (κ3) is 29.9. The molecule has 0 radical (unpaired) electrons. The van der Waals surface area contributed by atoms with E-state index in [-0.39, 0.29) is 24.6 Å². The predicted molar refractivity (Wildman–Crippen MR) is 182 cm³/mol. The Morgan fingerprint density at radius 3 is 1.59 bits per heavy atom. The maximum atomic E-state index is 12.0. The molecule has 0 aromatic heterocycles. The molecule has 2 atom stereocenters. The molecule has 0 spiro atoms. The summed E-state index contributed by atoms with van der Waals surface area (Å²) in [5.74, 6) is 0.623. The van der Waals surface area contributed by atoms with Gasteiger partial charge in [-0.05, 0) is 44.1 Å². The molecule has 250 valence electrons. The topological polar surface area (TPSA) is 171 Å². The second-order valence-electron chi connectivity index (χ2n) is 11.2. The predicted octanol–water partition coefficient (Wildman–Crippen LogP) is 5.11. The molecule has 3 amide bonds. The molecule has 9 nitrogen and oxygen atoms in total. The van der Waals surface area contributed by atoms with Crippen molar-refractivity contribution in [3.8, 4) is 0 Å². The van der Waals surface area contributed by atoms with E-state index >= 15 is 0 Å². The SMILES string of the molecule is CC(=O)NC(CC(C)C)C(=O)C1(C)CO1.CCCC(C)C.CCc1ccccc1.Cc1ccccc1.NC=O.NCC(N)=O. The van der Waals surface area contributed by atoms with Crippen molar-refractivity contribution in [3.63, 3.8) is 0 Å². The first kappa shape index (κ1) is 44.9. The van der Waals surface area contributed by atoms with Gasteiger partial charge in [0.15, 0.2) is 5.78 Å². The number of ketones is 1. The number of aryl methyl sites for hydroxylation is 2. The third-order valence-electron chi connectivity index (χ3n) is 5.76. The molecule has 1 saturated heterocycles. The number of Topliss-reactive ketones (excluding diaryl/α,β-unsaturated/α-hetero) is 1. The van der Waals surface area contributed by atoms with Crippen molar-refractivity contribution >= 4 is 24.0 Å². The fourth-order valence-corrected chi connectivity index (χ4v) is 3.39. The summed E-state index contributed by atoms with van der Waals surface area (Å²) in [6, 6.07) is 20.3. The Labute approximate surface area is 266 Å². The fraction of sp³-hybridized carbons (Fsp3) is 0.543. The number of benzene rings is 2. The number of nitrogens with two attached hydrogens (primary N) is 3. The standard InChI is InChI=1S/C11H19NO3.C8H10.C7H8.C6H14.C2H6N2O.CH3NO/c1-7(2)5-9(12-8(3)13)10(14)11(4)6-15-11;1-2-8-6-4-3-5-7-8;1-7-5-3-2-4-6-7;1-4-5-6(2)3;3-1-2(4)5;2-1-3/h7,9H,5-6H2,1-4H3,(H,12,13);3-7H,2H2,1H3;2-6H,1H3;6H,4-5H2,1-3H3;1,3H2,(H2,4,5);1H,(H2,2,3). The van der Waals surface area contributed by atoms with Crippen molar-refractivity contribution < 1.29 is 23.9 Å². The van der Waals surface area contributed by atoms with Crippen molar-refractivity contribution in [1.29, 1.82) is 0 Å². The van der Waals surface area contributed by atoms with Crippen LogP contribution in [0.5, 0.6) is 0 Å². The number of ether oxygens (including phenoxy) is 1. The number of nitrogens with one attached hydrogen (secondary N) is 1. The van der Waals surface area contributed by atoms with Crippen LogP contribution in [0.4, 0.5) is 0 Å². The van der Waals surface area contributed by atoms with Crippen LogP contribution >= 0.6 is 0 Å². The molecular formula is C35H60N4O5. The molecule has 2 aromatic rings. The summed E-state index contributed by atoms with van der Waals surface area (Å²) in [6.07, 6.45) is 4.76. The number of carbonyl (C=O) groups excluding carboxylic acids is 4. The van der Waals surface area contributed by atoms with Gasteiger partial charge in [0, 0.05) is 6.92 Å². The van der Waals surface area contributed by atoms with Gasteiger partial charge in [0.1, 0.15) is 5.60 Å². The number of primary amides is 2. The van der Waals surface area contributed by atoms with Crippen LogP contribution in [-0.2, 0) is 30.3 Å². The van der Waals surface area contributed by atoms with Gasteiger partial charge in [0.25, 0.3) is 0 Å². The van der Waals surface area contributed by atoms with Crippen molar-refractivity contribution in [2.45, 2.75) is 99.6 Å². The Morgan fingerprint density at radius 2 is 1.39 bits per heavy atom. The Morgan fingerprint density at radius 1 is 0.955 bits per heavy atom. The lowest BCUT2D eigenvalue weighted by Crippen LogP contribution is -2.46. The van der Waals surface area contributed by atoms with E-state index in [9.17, 15) is 14.4 Å². The first-order valence-electron chi connectivity index (χ1n) is 15.3. The van der Waals surface area contributed by atoms with Crippen LogP contribution in [0, 0.1) is 18.8 Å². The molecule has 0 saturated carbocycles. The molecular weight excluding hydrogens is 556 g/mol. The zero-order valence-electron chi connectivity index (χ0n) is 28.6. The summed E-state index contributed by atoms with van der Waals surface area (Å²) in [4.78, 5) is 41.0.